The lowest BCUT2D eigenvalue weighted by Crippen LogP contribution is -2.02. The number of rotatable bonds is 0. The van der Waals surface area contributed by atoms with Crippen LogP contribution in [0.3, 0.4) is 0 Å². The Morgan fingerprint density at radius 3 is 2.69 bits per heavy atom. The first-order valence-corrected chi connectivity index (χ1v) is 4.48. The normalized spacial score (nSPS) is 14.9. The van der Waals surface area contributed by atoms with Gasteiger partial charge in [-0.3, -0.25) is 9.59 Å². The van der Waals surface area contributed by atoms with Gasteiger partial charge in [0, 0.05) is 10.5 Å². The summed E-state index contributed by atoms with van der Waals surface area (Å²) in [6, 6.07) is 2.43. The van der Waals surface area contributed by atoms with Crippen molar-refractivity contribution in [1.29, 1.82) is 0 Å². The highest BCUT2D eigenvalue weighted by Crippen LogP contribution is 2.35. The second-order valence-electron chi connectivity index (χ2n) is 2.82. The van der Waals surface area contributed by atoms with Crippen molar-refractivity contribution in [1.82, 2.24) is 0 Å². The van der Waals surface area contributed by atoms with Crippen molar-refractivity contribution in [2.75, 3.05) is 0 Å². The Morgan fingerprint density at radius 2 is 2.00 bits per heavy atom. The summed E-state index contributed by atoms with van der Waals surface area (Å²) in [5, 5.41) is -0.524. The molecule has 1 aliphatic heterocycles. The number of thioether (sulfide) groups is 1. The van der Waals surface area contributed by atoms with Crippen LogP contribution in [0.2, 0.25) is 0 Å². The molecular weight excluding hydrogens is 191 g/mol. The van der Waals surface area contributed by atoms with Gasteiger partial charge in [-0.1, -0.05) is 0 Å². The van der Waals surface area contributed by atoms with E-state index < -0.39 is 16.7 Å². The number of Topliss-reactive ketones (excluding diaryl/α,β-unsaturated/α-hetero) is 1. The van der Waals surface area contributed by atoms with Crippen molar-refractivity contribution in [3.05, 3.63) is 29.1 Å². The number of ketones is 1. The Balaban J connectivity index is 2.70. The number of aryl methyl sites for hydroxylation is 1. The van der Waals surface area contributed by atoms with Crippen molar-refractivity contribution in [3.63, 3.8) is 0 Å². The summed E-state index contributed by atoms with van der Waals surface area (Å²) >= 11 is 0.879. The molecule has 66 valence electrons. The van der Waals surface area contributed by atoms with Gasteiger partial charge in [0.05, 0.1) is 0 Å². The Labute approximate surface area is 78.1 Å². The average molecular weight is 196 g/mol. The average Bonchev–Trinajstić information content (AvgIpc) is 2.32. The molecule has 0 radical (unpaired) electrons. The zero-order valence-electron chi connectivity index (χ0n) is 6.76. The topological polar surface area (TPSA) is 34.1 Å². The molecule has 0 atom stereocenters. The highest BCUT2D eigenvalue weighted by molar-refractivity contribution is 8.16. The molecule has 2 nitrogen and oxygen atoms in total. The van der Waals surface area contributed by atoms with Gasteiger partial charge in [-0.15, -0.1) is 0 Å². The van der Waals surface area contributed by atoms with E-state index in [-0.39, 0.29) is 5.56 Å². The highest BCUT2D eigenvalue weighted by Gasteiger charge is 2.31. The van der Waals surface area contributed by atoms with E-state index >= 15 is 0 Å². The molecule has 0 amide bonds. The maximum Gasteiger partial charge on any atom is 0.264 e. The van der Waals surface area contributed by atoms with E-state index in [1.54, 1.807) is 6.92 Å². The summed E-state index contributed by atoms with van der Waals surface area (Å²) in [6.45, 7) is 1.68. The van der Waals surface area contributed by atoms with Crippen molar-refractivity contribution in [2.24, 2.45) is 0 Å². The number of carbonyl (C=O) groups is 2. The molecule has 0 N–H and O–H groups in total. The van der Waals surface area contributed by atoms with Crippen LogP contribution < -0.4 is 0 Å². The minimum Gasteiger partial charge on any atom is -0.284 e. The number of halogens is 1. The number of benzene rings is 1. The third kappa shape index (κ3) is 1.18. The summed E-state index contributed by atoms with van der Waals surface area (Å²) in [5.41, 5.74) is 0.840. The Hall–Kier alpha value is -1.16. The van der Waals surface area contributed by atoms with Gasteiger partial charge < -0.3 is 0 Å². The SMILES string of the molecule is Cc1cc(F)cc2c1SC(=O)C2=O. The van der Waals surface area contributed by atoms with Crippen LogP contribution in [0.15, 0.2) is 17.0 Å². The van der Waals surface area contributed by atoms with E-state index in [0.29, 0.717) is 10.5 Å². The van der Waals surface area contributed by atoms with E-state index in [1.165, 1.54) is 6.07 Å². The van der Waals surface area contributed by atoms with E-state index in [1.807, 2.05) is 0 Å². The smallest absolute Gasteiger partial charge is 0.264 e. The highest BCUT2D eigenvalue weighted by atomic mass is 32.2. The second-order valence-corrected chi connectivity index (χ2v) is 3.80. The van der Waals surface area contributed by atoms with Gasteiger partial charge >= 0.3 is 0 Å². The molecule has 1 aromatic rings. The van der Waals surface area contributed by atoms with E-state index in [0.717, 1.165) is 17.8 Å². The standard InChI is InChI=1S/C9H5FO2S/c1-4-2-5(10)3-6-7(11)9(12)13-8(4)6/h2-3H,1H3. The van der Waals surface area contributed by atoms with Crippen LogP contribution in [0.4, 0.5) is 4.39 Å². The summed E-state index contributed by atoms with van der Waals surface area (Å²) in [5.74, 6) is -1.07. The Morgan fingerprint density at radius 1 is 1.31 bits per heavy atom. The van der Waals surface area contributed by atoms with E-state index in [4.69, 9.17) is 0 Å². The number of fused-ring (bicyclic) bond motifs is 1. The fourth-order valence-electron chi connectivity index (χ4n) is 1.28. The minimum absolute atomic E-state index is 0.201. The summed E-state index contributed by atoms with van der Waals surface area (Å²) in [4.78, 5) is 22.7. The van der Waals surface area contributed by atoms with Crippen molar-refractivity contribution in [2.45, 2.75) is 11.8 Å². The lowest BCUT2D eigenvalue weighted by molar-refractivity contribution is -0.107. The van der Waals surface area contributed by atoms with Crippen molar-refractivity contribution in [3.8, 4) is 0 Å². The molecule has 2 rings (SSSR count). The Bertz CT molecular complexity index is 426. The van der Waals surface area contributed by atoms with Gasteiger partial charge in [0.25, 0.3) is 5.12 Å². The molecule has 4 heteroatoms. The molecule has 1 aromatic carbocycles. The molecule has 0 saturated carbocycles. The van der Waals surface area contributed by atoms with Crippen LogP contribution in [0.25, 0.3) is 0 Å². The van der Waals surface area contributed by atoms with Crippen LogP contribution >= 0.6 is 11.8 Å². The van der Waals surface area contributed by atoms with Crippen LogP contribution in [0.5, 0.6) is 0 Å². The minimum atomic E-state index is -0.595. The molecule has 0 saturated heterocycles. The zero-order chi connectivity index (χ0) is 9.59. The van der Waals surface area contributed by atoms with Crippen LogP contribution in [0.1, 0.15) is 15.9 Å². The van der Waals surface area contributed by atoms with Gasteiger partial charge in [-0.2, -0.15) is 0 Å². The van der Waals surface area contributed by atoms with E-state index in [9.17, 15) is 14.0 Å². The first-order valence-electron chi connectivity index (χ1n) is 3.66. The van der Waals surface area contributed by atoms with Crippen molar-refractivity contribution >= 4 is 22.7 Å². The van der Waals surface area contributed by atoms with E-state index in [2.05, 4.69) is 0 Å². The molecule has 0 unspecified atom stereocenters. The monoisotopic (exact) mass is 196 g/mol. The first kappa shape index (κ1) is 8.44. The molecule has 0 bridgehead atoms. The molecule has 1 heterocycles. The van der Waals surface area contributed by atoms with Gasteiger partial charge in [-0.25, -0.2) is 4.39 Å². The lowest BCUT2D eigenvalue weighted by Gasteiger charge is -1.99. The van der Waals surface area contributed by atoms with Gasteiger partial charge in [0.2, 0.25) is 5.78 Å². The van der Waals surface area contributed by atoms with Gasteiger partial charge in [0.1, 0.15) is 5.82 Å². The molecular formula is C9H5FO2S. The second kappa shape index (κ2) is 2.67. The molecule has 13 heavy (non-hydrogen) atoms. The largest absolute Gasteiger partial charge is 0.284 e. The fourth-order valence-corrected chi connectivity index (χ4v) is 2.15. The zero-order valence-corrected chi connectivity index (χ0v) is 7.57. The van der Waals surface area contributed by atoms with Crippen molar-refractivity contribution < 1.29 is 14.0 Å². The van der Waals surface area contributed by atoms with Crippen LogP contribution in [0, 0.1) is 12.7 Å². The number of hydrogen-bond donors (Lipinski definition) is 0. The van der Waals surface area contributed by atoms with Crippen LogP contribution in [-0.2, 0) is 4.79 Å². The lowest BCUT2D eigenvalue weighted by atomic mass is 10.1. The molecule has 0 aromatic heterocycles. The van der Waals surface area contributed by atoms with Gasteiger partial charge in [0.15, 0.2) is 0 Å². The van der Waals surface area contributed by atoms with Gasteiger partial charge in [-0.05, 0) is 36.4 Å². The summed E-state index contributed by atoms with van der Waals surface area (Å²) < 4.78 is 12.9. The first-order chi connectivity index (χ1) is 6.09. The maximum atomic E-state index is 12.9. The summed E-state index contributed by atoms with van der Waals surface area (Å²) in [6.07, 6.45) is 0. The predicted molar refractivity (Wildman–Crippen MR) is 46.3 cm³/mol. The third-order valence-corrected chi connectivity index (χ3v) is 2.98. The quantitative estimate of drug-likeness (QED) is 0.595. The van der Waals surface area contributed by atoms with Crippen LogP contribution in [-0.4, -0.2) is 10.9 Å². The number of hydrogen-bond acceptors (Lipinski definition) is 3. The molecule has 0 fully saturated rings. The summed E-state index contributed by atoms with van der Waals surface area (Å²) in [7, 11) is 0. The number of carbonyl (C=O) groups excluding carboxylic acids is 2. The molecule has 1 aliphatic rings. The predicted octanol–water partition coefficient (Wildman–Crippen LogP) is 1.95. The fraction of sp³-hybridized carbons (Fsp3) is 0.111. The molecule has 0 spiro atoms. The molecule has 0 aliphatic carbocycles. The maximum absolute atomic E-state index is 12.9. The third-order valence-electron chi connectivity index (χ3n) is 1.86. The Kier molecular flexibility index (Phi) is 1.73.